The van der Waals surface area contributed by atoms with Crippen molar-refractivity contribution in [2.24, 2.45) is 0 Å². The molecule has 0 spiro atoms. The summed E-state index contributed by atoms with van der Waals surface area (Å²) >= 11 is 0. The van der Waals surface area contributed by atoms with E-state index >= 15 is 0 Å². The van der Waals surface area contributed by atoms with Crippen LogP contribution in [0.4, 0.5) is 0 Å². The molecular weight excluding hydrogens is 288 g/mol. The van der Waals surface area contributed by atoms with Gasteiger partial charge in [0.2, 0.25) is 0 Å². The molecule has 2 aromatic carbocycles. The predicted octanol–water partition coefficient (Wildman–Crippen LogP) is 4.29. The molecule has 0 aliphatic carbocycles. The number of methoxy groups -OCH3 is 1. The zero-order valence-corrected chi connectivity index (χ0v) is 13.4. The Hall–Kier alpha value is -2.81. The summed E-state index contributed by atoms with van der Waals surface area (Å²) in [4.78, 5) is 12.1. The first-order chi connectivity index (χ1) is 11.1. The minimum Gasteiger partial charge on any atom is -0.496 e. The molecule has 3 heteroatoms. The van der Waals surface area contributed by atoms with E-state index < -0.39 is 0 Å². The van der Waals surface area contributed by atoms with Gasteiger partial charge in [-0.15, -0.1) is 0 Å². The molecule has 0 fully saturated rings. The van der Waals surface area contributed by atoms with E-state index in [0.29, 0.717) is 11.3 Å². The summed E-state index contributed by atoms with van der Waals surface area (Å²) in [5, 5.41) is 0. The lowest BCUT2D eigenvalue weighted by Crippen LogP contribution is -1.97. The van der Waals surface area contributed by atoms with E-state index in [1.54, 1.807) is 13.2 Å². The Morgan fingerprint density at radius 1 is 1.04 bits per heavy atom. The lowest BCUT2D eigenvalue weighted by atomic mass is 10.1. The van der Waals surface area contributed by atoms with Crippen LogP contribution in [-0.2, 0) is 9.53 Å². The topological polar surface area (TPSA) is 35.5 Å². The summed E-state index contributed by atoms with van der Waals surface area (Å²) in [7, 11) is 1.64. The maximum absolute atomic E-state index is 12.1. The minimum absolute atomic E-state index is 0.333. The Labute approximate surface area is 135 Å². The Kier molecular flexibility index (Phi) is 4.02. The molecule has 0 amide bonds. The molecule has 3 rings (SSSR count). The first-order valence-corrected chi connectivity index (χ1v) is 7.44. The first-order valence-electron chi connectivity index (χ1n) is 7.44. The smallest absolute Gasteiger partial charge is 0.343 e. The highest BCUT2D eigenvalue weighted by Crippen LogP contribution is 2.28. The van der Waals surface area contributed by atoms with Crippen LogP contribution in [0.15, 0.2) is 54.1 Å². The maximum atomic E-state index is 12.1. The number of hydrogen-bond donors (Lipinski definition) is 0. The zero-order chi connectivity index (χ0) is 16.4. The fourth-order valence-electron chi connectivity index (χ4n) is 2.46. The molecule has 3 nitrogen and oxygen atoms in total. The average Bonchev–Trinajstić information content (AvgIpc) is 2.91. The Balaban J connectivity index is 1.93. The van der Waals surface area contributed by atoms with Crippen molar-refractivity contribution in [3.63, 3.8) is 0 Å². The molecule has 1 aliphatic heterocycles. The van der Waals surface area contributed by atoms with Crippen molar-refractivity contribution in [1.29, 1.82) is 0 Å². The van der Waals surface area contributed by atoms with Crippen molar-refractivity contribution >= 4 is 17.8 Å². The van der Waals surface area contributed by atoms with Crippen molar-refractivity contribution in [2.75, 3.05) is 7.11 Å². The number of benzene rings is 2. The second kappa shape index (κ2) is 6.13. The van der Waals surface area contributed by atoms with E-state index in [1.807, 2.05) is 62.4 Å². The lowest BCUT2D eigenvalue weighted by molar-refractivity contribution is -0.130. The van der Waals surface area contributed by atoms with Crippen molar-refractivity contribution in [1.82, 2.24) is 0 Å². The summed E-state index contributed by atoms with van der Waals surface area (Å²) in [6.45, 7) is 4.00. The van der Waals surface area contributed by atoms with E-state index in [2.05, 4.69) is 0 Å². The number of carbonyl (C=O) groups excluding carboxylic acids is 1. The van der Waals surface area contributed by atoms with Crippen LogP contribution in [0, 0.1) is 13.8 Å². The maximum Gasteiger partial charge on any atom is 0.343 e. The van der Waals surface area contributed by atoms with Gasteiger partial charge in [0.1, 0.15) is 11.5 Å². The highest BCUT2D eigenvalue weighted by atomic mass is 16.5. The first kappa shape index (κ1) is 15.1. The standard InChI is InChI=1S/C20H18O3/c1-13-4-8-16(9-5-13)19-12-17(20(21)23-19)10-15-7-6-14(2)18(11-15)22-3/h4-12H,1-3H3/b17-10-. The van der Waals surface area contributed by atoms with E-state index in [0.717, 1.165) is 22.4 Å². The third kappa shape index (κ3) is 3.19. The van der Waals surface area contributed by atoms with Crippen LogP contribution in [-0.4, -0.2) is 13.1 Å². The molecular formula is C20H18O3. The SMILES string of the molecule is COc1cc(/C=C2/C=C(c3ccc(C)cc3)OC2=O)ccc1C. The highest BCUT2D eigenvalue weighted by molar-refractivity contribution is 6.05. The average molecular weight is 306 g/mol. The molecule has 0 atom stereocenters. The molecule has 0 bridgehead atoms. The van der Waals surface area contributed by atoms with Crippen LogP contribution < -0.4 is 4.74 Å². The molecule has 2 aromatic rings. The van der Waals surface area contributed by atoms with Gasteiger partial charge in [0.05, 0.1) is 12.7 Å². The number of ether oxygens (including phenoxy) is 2. The quantitative estimate of drug-likeness (QED) is 0.627. The summed E-state index contributed by atoms with van der Waals surface area (Å²) in [6.07, 6.45) is 3.59. The van der Waals surface area contributed by atoms with Crippen molar-refractivity contribution in [3.05, 3.63) is 76.4 Å². The molecule has 0 aromatic heterocycles. The number of carbonyl (C=O) groups is 1. The molecule has 0 saturated heterocycles. The van der Waals surface area contributed by atoms with Crippen molar-refractivity contribution in [2.45, 2.75) is 13.8 Å². The van der Waals surface area contributed by atoms with E-state index in [-0.39, 0.29) is 5.97 Å². The fraction of sp³-hybridized carbons (Fsp3) is 0.150. The molecule has 116 valence electrons. The molecule has 1 aliphatic rings. The second-order valence-electron chi connectivity index (χ2n) is 5.59. The van der Waals surface area contributed by atoms with Crippen LogP contribution in [0.1, 0.15) is 22.3 Å². The highest BCUT2D eigenvalue weighted by Gasteiger charge is 2.21. The summed E-state index contributed by atoms with van der Waals surface area (Å²) < 4.78 is 10.7. The van der Waals surface area contributed by atoms with Crippen molar-refractivity contribution in [3.8, 4) is 5.75 Å². The number of hydrogen-bond acceptors (Lipinski definition) is 3. The van der Waals surface area contributed by atoms with Crippen molar-refractivity contribution < 1.29 is 14.3 Å². The number of aryl methyl sites for hydroxylation is 2. The molecule has 23 heavy (non-hydrogen) atoms. The van der Waals surface area contributed by atoms with Gasteiger partial charge in [0.15, 0.2) is 0 Å². The largest absolute Gasteiger partial charge is 0.496 e. The summed E-state index contributed by atoms with van der Waals surface area (Å²) in [5.74, 6) is 1.05. The normalized spacial score (nSPS) is 15.5. The summed E-state index contributed by atoms with van der Waals surface area (Å²) in [6, 6.07) is 13.7. The monoisotopic (exact) mass is 306 g/mol. The van der Waals surface area contributed by atoms with Gasteiger partial charge in [-0.2, -0.15) is 0 Å². The van der Waals surface area contributed by atoms with Crippen LogP contribution in [0.25, 0.3) is 11.8 Å². The van der Waals surface area contributed by atoms with E-state index in [4.69, 9.17) is 9.47 Å². The van der Waals surface area contributed by atoms with Crippen LogP contribution in [0.2, 0.25) is 0 Å². The Bertz CT molecular complexity index is 811. The van der Waals surface area contributed by atoms with Gasteiger partial charge >= 0.3 is 5.97 Å². The van der Waals surface area contributed by atoms with Crippen LogP contribution in [0.5, 0.6) is 5.75 Å². The predicted molar refractivity (Wildman–Crippen MR) is 91.0 cm³/mol. The number of rotatable bonds is 3. The van der Waals surface area contributed by atoms with Gasteiger partial charge in [-0.05, 0) is 43.2 Å². The Morgan fingerprint density at radius 2 is 1.78 bits per heavy atom. The van der Waals surface area contributed by atoms with Gasteiger partial charge in [0.25, 0.3) is 0 Å². The lowest BCUT2D eigenvalue weighted by Gasteiger charge is -2.05. The minimum atomic E-state index is -0.333. The summed E-state index contributed by atoms with van der Waals surface area (Å²) in [5.41, 5.74) is 4.56. The van der Waals surface area contributed by atoms with E-state index in [9.17, 15) is 4.79 Å². The van der Waals surface area contributed by atoms with E-state index in [1.165, 1.54) is 5.56 Å². The molecule has 0 radical (unpaired) electrons. The number of esters is 1. The third-order valence-corrected chi connectivity index (χ3v) is 3.82. The van der Waals surface area contributed by atoms with Gasteiger partial charge in [0, 0.05) is 5.56 Å². The zero-order valence-electron chi connectivity index (χ0n) is 13.4. The van der Waals surface area contributed by atoms with Gasteiger partial charge in [-0.3, -0.25) is 0 Å². The molecule has 0 unspecified atom stereocenters. The fourth-order valence-corrected chi connectivity index (χ4v) is 2.46. The number of cyclic esters (lactones) is 1. The van der Waals surface area contributed by atoms with Crippen LogP contribution in [0.3, 0.4) is 0 Å². The molecule has 0 N–H and O–H groups in total. The van der Waals surface area contributed by atoms with Gasteiger partial charge in [-0.1, -0.05) is 42.0 Å². The molecule has 1 heterocycles. The Morgan fingerprint density at radius 3 is 2.48 bits per heavy atom. The van der Waals surface area contributed by atoms with Gasteiger partial charge < -0.3 is 9.47 Å². The molecule has 0 saturated carbocycles. The van der Waals surface area contributed by atoms with Crippen LogP contribution >= 0.6 is 0 Å². The van der Waals surface area contributed by atoms with Gasteiger partial charge in [-0.25, -0.2) is 4.79 Å². The third-order valence-electron chi connectivity index (χ3n) is 3.82. The second-order valence-corrected chi connectivity index (χ2v) is 5.59.